The molecule has 14 heavy (non-hydrogen) atoms. The predicted octanol–water partition coefficient (Wildman–Crippen LogP) is 1.86. The molecule has 2 nitrogen and oxygen atoms in total. The quantitative estimate of drug-likeness (QED) is 0.805. The van der Waals surface area contributed by atoms with Crippen molar-refractivity contribution < 1.29 is 5.11 Å². The Morgan fingerprint density at radius 2 is 2.14 bits per heavy atom. The maximum atomic E-state index is 9.32. The van der Waals surface area contributed by atoms with Gasteiger partial charge in [-0.15, -0.1) is 0 Å². The fourth-order valence-electron chi connectivity index (χ4n) is 1.56. The van der Waals surface area contributed by atoms with Crippen LogP contribution in [0, 0.1) is 6.92 Å². The smallest absolute Gasteiger partial charge is 0.0537 e. The van der Waals surface area contributed by atoms with Crippen molar-refractivity contribution in [3.63, 3.8) is 0 Å². The van der Waals surface area contributed by atoms with Crippen molar-refractivity contribution in [2.45, 2.75) is 19.3 Å². The van der Waals surface area contributed by atoms with E-state index in [1.807, 2.05) is 32.0 Å². The second-order valence-corrected chi connectivity index (χ2v) is 4.32. The van der Waals surface area contributed by atoms with Crippen molar-refractivity contribution in [1.29, 1.82) is 0 Å². The van der Waals surface area contributed by atoms with Crippen LogP contribution in [0.4, 0.5) is 0 Å². The molecule has 0 heterocycles. The molecule has 1 rings (SSSR count). The molecular weight excluding hydrogens is 198 g/mol. The monoisotopic (exact) mass is 213 g/mol. The Hall–Kier alpha value is -0.570. The third-order valence-electron chi connectivity index (χ3n) is 2.64. The normalized spacial score (nSPS) is 15.2. The zero-order valence-corrected chi connectivity index (χ0v) is 9.30. The van der Waals surface area contributed by atoms with Crippen molar-refractivity contribution in [2.24, 2.45) is 5.73 Å². The van der Waals surface area contributed by atoms with E-state index in [0.29, 0.717) is 11.6 Å². The third-order valence-corrected chi connectivity index (χ3v) is 2.87. The van der Waals surface area contributed by atoms with Gasteiger partial charge in [0.25, 0.3) is 0 Å². The molecule has 3 heteroatoms. The molecule has 3 N–H and O–H groups in total. The molecule has 1 atom stereocenters. The van der Waals surface area contributed by atoms with E-state index < -0.39 is 0 Å². The molecule has 0 amide bonds. The van der Waals surface area contributed by atoms with E-state index >= 15 is 0 Å². The highest BCUT2D eigenvalue weighted by molar-refractivity contribution is 6.30. The molecule has 0 spiro atoms. The number of aliphatic hydroxyl groups excluding tert-OH is 1. The Morgan fingerprint density at radius 1 is 1.50 bits per heavy atom. The molecule has 0 radical (unpaired) electrons. The van der Waals surface area contributed by atoms with E-state index in [9.17, 15) is 5.11 Å². The molecule has 0 aromatic heterocycles. The summed E-state index contributed by atoms with van der Waals surface area (Å²) in [7, 11) is 0. The first-order chi connectivity index (χ1) is 6.53. The Morgan fingerprint density at radius 3 is 2.57 bits per heavy atom. The number of rotatable bonds is 3. The SMILES string of the molecule is Cc1cc(Cl)ccc1C(C)(CN)CO. The summed E-state index contributed by atoms with van der Waals surface area (Å²) in [5.74, 6) is 0. The highest BCUT2D eigenvalue weighted by Gasteiger charge is 2.25. The highest BCUT2D eigenvalue weighted by Crippen LogP contribution is 2.27. The lowest BCUT2D eigenvalue weighted by Crippen LogP contribution is -2.36. The second kappa shape index (κ2) is 4.30. The lowest BCUT2D eigenvalue weighted by atomic mass is 9.81. The van der Waals surface area contributed by atoms with Gasteiger partial charge in [0.05, 0.1) is 6.61 Å². The lowest BCUT2D eigenvalue weighted by molar-refractivity contribution is 0.210. The molecule has 1 unspecified atom stereocenters. The van der Waals surface area contributed by atoms with Gasteiger partial charge in [0.2, 0.25) is 0 Å². The maximum absolute atomic E-state index is 9.32. The summed E-state index contributed by atoms with van der Waals surface area (Å²) < 4.78 is 0. The zero-order valence-electron chi connectivity index (χ0n) is 8.55. The van der Waals surface area contributed by atoms with Crippen molar-refractivity contribution >= 4 is 11.6 Å². The molecule has 0 fully saturated rings. The van der Waals surface area contributed by atoms with Gasteiger partial charge < -0.3 is 10.8 Å². The largest absolute Gasteiger partial charge is 0.395 e. The minimum atomic E-state index is -0.366. The maximum Gasteiger partial charge on any atom is 0.0537 e. The molecule has 78 valence electrons. The Labute approximate surface area is 89.7 Å². The summed E-state index contributed by atoms with van der Waals surface area (Å²) in [4.78, 5) is 0. The first-order valence-electron chi connectivity index (χ1n) is 4.61. The molecule has 0 saturated heterocycles. The van der Waals surface area contributed by atoms with Crippen LogP contribution in [-0.2, 0) is 5.41 Å². The van der Waals surface area contributed by atoms with Crippen LogP contribution in [0.2, 0.25) is 5.02 Å². The first-order valence-corrected chi connectivity index (χ1v) is 4.99. The first kappa shape index (κ1) is 11.5. The van der Waals surface area contributed by atoms with Crippen LogP contribution in [0.3, 0.4) is 0 Å². The minimum absolute atomic E-state index is 0.0476. The number of nitrogens with two attached hydrogens (primary N) is 1. The summed E-state index contributed by atoms with van der Waals surface area (Å²) in [6, 6.07) is 5.65. The number of aliphatic hydroxyl groups is 1. The lowest BCUT2D eigenvalue weighted by Gasteiger charge is -2.27. The summed E-state index contributed by atoms with van der Waals surface area (Å²) in [5, 5.41) is 10.0. The van der Waals surface area contributed by atoms with Gasteiger partial charge in [0.15, 0.2) is 0 Å². The van der Waals surface area contributed by atoms with Crippen molar-refractivity contribution in [1.82, 2.24) is 0 Å². The predicted molar refractivity (Wildman–Crippen MR) is 59.7 cm³/mol. The molecule has 0 saturated carbocycles. The van der Waals surface area contributed by atoms with Crippen LogP contribution in [-0.4, -0.2) is 18.3 Å². The Balaban J connectivity index is 3.17. The molecule has 0 aliphatic carbocycles. The van der Waals surface area contributed by atoms with Crippen LogP contribution in [0.5, 0.6) is 0 Å². The molecule has 0 aliphatic rings. The van der Waals surface area contributed by atoms with Crippen molar-refractivity contribution in [3.05, 3.63) is 34.3 Å². The average molecular weight is 214 g/mol. The highest BCUT2D eigenvalue weighted by atomic mass is 35.5. The van der Waals surface area contributed by atoms with Crippen LogP contribution in [0.25, 0.3) is 0 Å². The van der Waals surface area contributed by atoms with Crippen LogP contribution >= 0.6 is 11.6 Å². The van der Waals surface area contributed by atoms with Gasteiger partial charge in [-0.05, 0) is 30.2 Å². The number of halogens is 1. The number of hydrogen-bond acceptors (Lipinski definition) is 2. The summed E-state index contributed by atoms with van der Waals surface area (Å²) in [6.07, 6.45) is 0. The third kappa shape index (κ3) is 2.08. The van der Waals surface area contributed by atoms with Gasteiger partial charge in [-0.25, -0.2) is 0 Å². The number of benzene rings is 1. The van der Waals surface area contributed by atoms with E-state index in [-0.39, 0.29) is 12.0 Å². The number of hydrogen-bond donors (Lipinski definition) is 2. The molecule has 1 aromatic rings. The topological polar surface area (TPSA) is 46.2 Å². The second-order valence-electron chi connectivity index (χ2n) is 3.88. The van der Waals surface area contributed by atoms with Gasteiger partial charge in [-0.2, -0.15) is 0 Å². The molecule has 1 aromatic carbocycles. The van der Waals surface area contributed by atoms with Crippen molar-refractivity contribution in [2.75, 3.05) is 13.2 Å². The number of aryl methyl sites for hydroxylation is 1. The summed E-state index contributed by atoms with van der Waals surface area (Å²) in [6.45, 7) is 4.39. The fraction of sp³-hybridized carbons (Fsp3) is 0.455. The van der Waals surface area contributed by atoms with E-state index in [2.05, 4.69) is 0 Å². The Kier molecular flexibility index (Phi) is 3.53. The van der Waals surface area contributed by atoms with Gasteiger partial charge in [0.1, 0.15) is 0 Å². The van der Waals surface area contributed by atoms with Crippen LogP contribution < -0.4 is 5.73 Å². The molecular formula is C11H16ClNO. The van der Waals surface area contributed by atoms with Crippen LogP contribution in [0.1, 0.15) is 18.1 Å². The van der Waals surface area contributed by atoms with Gasteiger partial charge >= 0.3 is 0 Å². The van der Waals surface area contributed by atoms with Gasteiger partial charge in [-0.1, -0.05) is 24.6 Å². The molecule has 0 aliphatic heterocycles. The van der Waals surface area contributed by atoms with Crippen molar-refractivity contribution in [3.8, 4) is 0 Å². The zero-order chi connectivity index (χ0) is 10.8. The van der Waals surface area contributed by atoms with Gasteiger partial charge in [-0.3, -0.25) is 0 Å². The Bertz CT molecular complexity index is 321. The van der Waals surface area contributed by atoms with E-state index in [0.717, 1.165) is 11.1 Å². The summed E-state index contributed by atoms with van der Waals surface area (Å²) in [5.41, 5.74) is 7.43. The van der Waals surface area contributed by atoms with Gasteiger partial charge in [0, 0.05) is 17.0 Å². The van der Waals surface area contributed by atoms with E-state index in [4.69, 9.17) is 17.3 Å². The standard InChI is InChI=1S/C11H16ClNO/c1-8-5-9(12)3-4-10(8)11(2,6-13)7-14/h3-5,14H,6-7,13H2,1-2H3. The van der Waals surface area contributed by atoms with Crippen LogP contribution in [0.15, 0.2) is 18.2 Å². The fourth-order valence-corrected chi connectivity index (χ4v) is 1.79. The minimum Gasteiger partial charge on any atom is -0.395 e. The molecule has 0 bridgehead atoms. The van der Waals surface area contributed by atoms with E-state index in [1.54, 1.807) is 0 Å². The average Bonchev–Trinajstić information content (AvgIpc) is 2.17. The summed E-state index contributed by atoms with van der Waals surface area (Å²) >= 11 is 5.86. The van der Waals surface area contributed by atoms with E-state index in [1.165, 1.54) is 0 Å².